The molecule has 3 rings (SSSR count). The Labute approximate surface area is 130 Å². The highest BCUT2D eigenvalue weighted by atomic mass is 79.9. The fourth-order valence-electron chi connectivity index (χ4n) is 2.25. The number of carbonyl (C=O) groups is 1. The van der Waals surface area contributed by atoms with Crippen LogP contribution in [0.4, 0.5) is 0 Å². The summed E-state index contributed by atoms with van der Waals surface area (Å²) < 4.78 is 27.2. The van der Waals surface area contributed by atoms with Gasteiger partial charge in [-0.1, -0.05) is 36.4 Å². The highest BCUT2D eigenvalue weighted by Gasteiger charge is 2.25. The van der Waals surface area contributed by atoms with Crippen LogP contribution in [0.15, 0.2) is 64.0 Å². The van der Waals surface area contributed by atoms with Crippen LogP contribution in [0.1, 0.15) is 10.5 Å². The fraction of sp³-hybridized carbons (Fsp3) is 0. The molecule has 2 aromatic carbocycles. The SMILES string of the molecule is O=Cc1c(Br)c2ccccc2n1S(=O)(=O)c1ccccc1. The van der Waals surface area contributed by atoms with E-state index < -0.39 is 10.0 Å². The number of benzene rings is 2. The van der Waals surface area contributed by atoms with Crippen molar-refractivity contribution in [1.82, 2.24) is 3.97 Å². The van der Waals surface area contributed by atoms with Gasteiger partial charge in [0.2, 0.25) is 0 Å². The molecule has 0 radical (unpaired) electrons. The quantitative estimate of drug-likeness (QED) is 0.669. The van der Waals surface area contributed by atoms with Gasteiger partial charge in [-0.05, 0) is 34.1 Å². The number of hydrogen-bond acceptors (Lipinski definition) is 3. The van der Waals surface area contributed by atoms with Crippen molar-refractivity contribution >= 4 is 43.1 Å². The molecule has 0 saturated carbocycles. The second-order valence-corrected chi connectivity index (χ2v) is 7.00. The summed E-state index contributed by atoms with van der Waals surface area (Å²) in [5.74, 6) is 0. The maximum absolute atomic E-state index is 12.8. The van der Waals surface area contributed by atoms with Crippen molar-refractivity contribution in [3.63, 3.8) is 0 Å². The van der Waals surface area contributed by atoms with Crippen LogP contribution < -0.4 is 0 Å². The number of aldehydes is 1. The van der Waals surface area contributed by atoms with Crippen LogP contribution in [0.3, 0.4) is 0 Å². The van der Waals surface area contributed by atoms with Crippen LogP contribution in [-0.4, -0.2) is 18.7 Å². The summed E-state index contributed by atoms with van der Waals surface area (Å²) in [6.45, 7) is 0. The first-order chi connectivity index (χ1) is 10.1. The zero-order chi connectivity index (χ0) is 15.0. The van der Waals surface area contributed by atoms with E-state index in [2.05, 4.69) is 15.9 Å². The summed E-state index contributed by atoms with van der Waals surface area (Å²) in [6.07, 6.45) is 0.546. The molecular weight excluding hydrogens is 354 g/mol. The number of halogens is 1. The van der Waals surface area contributed by atoms with E-state index in [1.54, 1.807) is 42.5 Å². The van der Waals surface area contributed by atoms with E-state index in [-0.39, 0.29) is 10.6 Å². The summed E-state index contributed by atoms with van der Waals surface area (Å²) in [7, 11) is -3.83. The molecule has 1 heterocycles. The van der Waals surface area contributed by atoms with Crippen molar-refractivity contribution in [1.29, 1.82) is 0 Å². The Bertz CT molecular complexity index is 930. The van der Waals surface area contributed by atoms with Gasteiger partial charge in [0.1, 0.15) is 5.69 Å². The number of nitrogens with zero attached hydrogens (tertiary/aromatic N) is 1. The minimum absolute atomic E-state index is 0.0834. The Kier molecular flexibility index (Phi) is 3.43. The van der Waals surface area contributed by atoms with Crippen molar-refractivity contribution in [3.8, 4) is 0 Å². The van der Waals surface area contributed by atoms with Crippen LogP contribution in [0.2, 0.25) is 0 Å². The maximum Gasteiger partial charge on any atom is 0.268 e. The number of hydrogen-bond donors (Lipinski definition) is 0. The van der Waals surface area contributed by atoms with Crippen LogP contribution >= 0.6 is 15.9 Å². The number of carbonyl (C=O) groups excluding carboxylic acids is 1. The first kappa shape index (κ1) is 14.0. The maximum atomic E-state index is 12.8. The molecule has 0 aliphatic carbocycles. The van der Waals surface area contributed by atoms with Gasteiger partial charge in [0.25, 0.3) is 10.0 Å². The molecule has 0 N–H and O–H groups in total. The van der Waals surface area contributed by atoms with Crippen molar-refractivity contribution < 1.29 is 13.2 Å². The number of para-hydroxylation sites is 1. The molecule has 3 aromatic rings. The lowest BCUT2D eigenvalue weighted by molar-refractivity contribution is 0.111. The van der Waals surface area contributed by atoms with Gasteiger partial charge >= 0.3 is 0 Å². The van der Waals surface area contributed by atoms with Gasteiger partial charge in [-0.2, -0.15) is 0 Å². The lowest BCUT2D eigenvalue weighted by Crippen LogP contribution is -2.15. The first-order valence-corrected chi connectivity index (χ1v) is 8.35. The molecule has 0 atom stereocenters. The van der Waals surface area contributed by atoms with Crippen LogP contribution in [0.25, 0.3) is 10.9 Å². The predicted octanol–water partition coefficient (Wildman–Crippen LogP) is 3.45. The zero-order valence-electron chi connectivity index (χ0n) is 10.7. The van der Waals surface area contributed by atoms with Crippen LogP contribution in [-0.2, 0) is 10.0 Å². The Hall–Kier alpha value is -1.92. The summed E-state index contributed by atoms with van der Waals surface area (Å²) in [4.78, 5) is 11.5. The average molecular weight is 364 g/mol. The normalized spacial score (nSPS) is 11.7. The highest BCUT2D eigenvalue weighted by Crippen LogP contribution is 2.32. The highest BCUT2D eigenvalue weighted by molar-refractivity contribution is 9.10. The van der Waals surface area contributed by atoms with E-state index in [0.717, 1.165) is 3.97 Å². The van der Waals surface area contributed by atoms with Gasteiger partial charge in [-0.3, -0.25) is 4.79 Å². The molecule has 0 spiro atoms. The van der Waals surface area contributed by atoms with Crippen molar-refractivity contribution in [2.24, 2.45) is 0 Å². The standard InChI is InChI=1S/C15H10BrNO3S/c16-15-12-8-4-5-9-13(12)17(14(15)10-18)21(19,20)11-6-2-1-3-7-11/h1-10H. The summed E-state index contributed by atoms with van der Waals surface area (Å²) in [6, 6.07) is 15.0. The third kappa shape index (κ3) is 2.11. The van der Waals surface area contributed by atoms with Crippen LogP contribution in [0.5, 0.6) is 0 Å². The number of aromatic nitrogens is 1. The van der Waals surface area contributed by atoms with Crippen molar-refractivity contribution in [2.45, 2.75) is 4.90 Å². The van der Waals surface area contributed by atoms with E-state index in [0.29, 0.717) is 21.7 Å². The second-order valence-electron chi connectivity index (χ2n) is 4.42. The molecule has 106 valence electrons. The third-order valence-electron chi connectivity index (χ3n) is 3.20. The number of rotatable bonds is 3. The molecule has 6 heteroatoms. The zero-order valence-corrected chi connectivity index (χ0v) is 13.1. The Morgan fingerprint density at radius 2 is 1.57 bits per heavy atom. The molecule has 4 nitrogen and oxygen atoms in total. The number of fused-ring (bicyclic) bond motifs is 1. The Balaban J connectivity index is 2.43. The molecular formula is C15H10BrNO3S. The summed E-state index contributed by atoms with van der Waals surface area (Å²) in [5, 5.41) is 0.680. The van der Waals surface area contributed by atoms with E-state index in [1.165, 1.54) is 12.1 Å². The minimum atomic E-state index is -3.83. The average Bonchev–Trinajstić information content (AvgIpc) is 2.81. The molecule has 21 heavy (non-hydrogen) atoms. The minimum Gasteiger partial charge on any atom is -0.296 e. The monoisotopic (exact) mass is 363 g/mol. The first-order valence-electron chi connectivity index (χ1n) is 6.12. The molecule has 0 fully saturated rings. The third-order valence-corrected chi connectivity index (χ3v) is 5.77. The van der Waals surface area contributed by atoms with E-state index in [4.69, 9.17) is 0 Å². The van der Waals surface area contributed by atoms with E-state index >= 15 is 0 Å². The topological polar surface area (TPSA) is 56.1 Å². The van der Waals surface area contributed by atoms with Gasteiger partial charge in [-0.25, -0.2) is 12.4 Å². The van der Waals surface area contributed by atoms with Gasteiger partial charge in [0.15, 0.2) is 6.29 Å². The smallest absolute Gasteiger partial charge is 0.268 e. The largest absolute Gasteiger partial charge is 0.296 e. The lowest BCUT2D eigenvalue weighted by atomic mass is 10.2. The lowest BCUT2D eigenvalue weighted by Gasteiger charge is -2.09. The van der Waals surface area contributed by atoms with Gasteiger partial charge < -0.3 is 0 Å². The van der Waals surface area contributed by atoms with Crippen LogP contribution in [0, 0.1) is 0 Å². The van der Waals surface area contributed by atoms with E-state index in [1.807, 2.05) is 0 Å². The van der Waals surface area contributed by atoms with E-state index in [9.17, 15) is 13.2 Å². The summed E-state index contributed by atoms with van der Waals surface area (Å²) in [5.41, 5.74) is 0.551. The second kappa shape index (κ2) is 5.13. The molecule has 0 saturated heterocycles. The van der Waals surface area contributed by atoms with Gasteiger partial charge in [0, 0.05) is 5.39 Å². The molecule has 0 unspecified atom stereocenters. The molecule has 0 bridgehead atoms. The van der Waals surface area contributed by atoms with Crippen molar-refractivity contribution in [2.75, 3.05) is 0 Å². The molecule has 0 amide bonds. The molecule has 0 aliphatic rings. The fourth-order valence-corrected chi connectivity index (χ4v) is 4.50. The molecule has 1 aromatic heterocycles. The predicted molar refractivity (Wildman–Crippen MR) is 84.1 cm³/mol. The molecule has 0 aliphatic heterocycles. The van der Waals surface area contributed by atoms with Crippen molar-refractivity contribution in [3.05, 3.63) is 64.8 Å². The van der Waals surface area contributed by atoms with Gasteiger partial charge in [0.05, 0.1) is 14.9 Å². The van der Waals surface area contributed by atoms with Gasteiger partial charge in [-0.15, -0.1) is 0 Å². The Morgan fingerprint density at radius 3 is 2.24 bits per heavy atom. The Morgan fingerprint density at radius 1 is 0.952 bits per heavy atom. The summed E-state index contributed by atoms with van der Waals surface area (Å²) >= 11 is 3.31.